The standard InChI is InChI=1S/C15H19FO3/c1-18-12-7-6-11(9-13(12)19-2)15(10-17)8-4-3-5-14(15)16/h6-7,9-10,14H,3-5,8H2,1-2H3/t14-,15-/m0/s1. The van der Waals surface area contributed by atoms with Crippen molar-refractivity contribution in [1.82, 2.24) is 0 Å². The van der Waals surface area contributed by atoms with E-state index in [2.05, 4.69) is 0 Å². The second-order valence-electron chi connectivity index (χ2n) is 4.94. The first-order chi connectivity index (χ1) is 9.17. The lowest BCUT2D eigenvalue weighted by Crippen LogP contribution is -2.41. The molecule has 1 aromatic carbocycles. The average molecular weight is 266 g/mol. The lowest BCUT2D eigenvalue weighted by atomic mass is 9.69. The van der Waals surface area contributed by atoms with Crippen molar-refractivity contribution >= 4 is 6.29 Å². The zero-order valence-corrected chi connectivity index (χ0v) is 11.3. The second kappa shape index (κ2) is 5.59. The van der Waals surface area contributed by atoms with E-state index in [-0.39, 0.29) is 0 Å². The molecule has 0 bridgehead atoms. The predicted octanol–water partition coefficient (Wildman–Crippen LogP) is 3.05. The van der Waals surface area contributed by atoms with Gasteiger partial charge in [0, 0.05) is 0 Å². The van der Waals surface area contributed by atoms with E-state index in [1.165, 1.54) is 7.11 Å². The molecule has 1 saturated carbocycles. The molecule has 0 spiro atoms. The molecule has 2 rings (SSSR count). The Kier molecular flexibility index (Phi) is 4.08. The number of halogens is 1. The Hall–Kier alpha value is -1.58. The summed E-state index contributed by atoms with van der Waals surface area (Å²) in [5.41, 5.74) is -0.356. The van der Waals surface area contributed by atoms with Crippen molar-refractivity contribution in [3.05, 3.63) is 23.8 Å². The maximum absolute atomic E-state index is 14.3. The number of rotatable bonds is 4. The molecule has 104 valence electrons. The number of carbonyl (C=O) groups is 1. The first kappa shape index (κ1) is 13.8. The fourth-order valence-electron chi connectivity index (χ4n) is 2.81. The fourth-order valence-corrected chi connectivity index (χ4v) is 2.81. The lowest BCUT2D eigenvalue weighted by molar-refractivity contribution is -0.116. The second-order valence-corrected chi connectivity index (χ2v) is 4.94. The van der Waals surface area contributed by atoms with Crippen LogP contribution in [0.15, 0.2) is 18.2 Å². The van der Waals surface area contributed by atoms with E-state index in [0.717, 1.165) is 19.1 Å². The van der Waals surface area contributed by atoms with Gasteiger partial charge in [0.05, 0.1) is 19.6 Å². The summed E-state index contributed by atoms with van der Waals surface area (Å²) in [4.78, 5) is 11.5. The van der Waals surface area contributed by atoms with Crippen LogP contribution in [-0.4, -0.2) is 26.7 Å². The molecule has 3 nitrogen and oxygen atoms in total. The van der Waals surface area contributed by atoms with Crippen LogP contribution in [0.1, 0.15) is 31.2 Å². The highest BCUT2D eigenvalue weighted by Gasteiger charge is 2.43. The molecule has 0 amide bonds. The van der Waals surface area contributed by atoms with Gasteiger partial charge >= 0.3 is 0 Å². The van der Waals surface area contributed by atoms with Crippen LogP contribution in [0.25, 0.3) is 0 Å². The maximum Gasteiger partial charge on any atom is 0.161 e. The van der Waals surface area contributed by atoms with Gasteiger partial charge in [0.15, 0.2) is 11.5 Å². The van der Waals surface area contributed by atoms with Crippen molar-refractivity contribution < 1.29 is 18.7 Å². The molecule has 0 aliphatic heterocycles. The van der Waals surface area contributed by atoms with E-state index in [0.29, 0.717) is 29.9 Å². The Morgan fingerprint density at radius 3 is 2.58 bits per heavy atom. The molecule has 1 aromatic rings. The van der Waals surface area contributed by atoms with Crippen molar-refractivity contribution in [1.29, 1.82) is 0 Å². The van der Waals surface area contributed by atoms with Gasteiger partial charge in [0.2, 0.25) is 0 Å². The van der Waals surface area contributed by atoms with Gasteiger partial charge in [-0.3, -0.25) is 0 Å². The van der Waals surface area contributed by atoms with Gasteiger partial charge in [-0.2, -0.15) is 0 Å². The van der Waals surface area contributed by atoms with Crippen LogP contribution in [-0.2, 0) is 10.2 Å². The Morgan fingerprint density at radius 1 is 1.26 bits per heavy atom. The molecule has 0 heterocycles. The average Bonchev–Trinajstić information content (AvgIpc) is 2.47. The van der Waals surface area contributed by atoms with Crippen LogP contribution in [0.2, 0.25) is 0 Å². The summed E-state index contributed by atoms with van der Waals surface area (Å²) in [6, 6.07) is 5.19. The summed E-state index contributed by atoms with van der Waals surface area (Å²) < 4.78 is 24.7. The third-order valence-corrected chi connectivity index (χ3v) is 3.99. The lowest BCUT2D eigenvalue weighted by Gasteiger charge is -2.36. The molecule has 0 N–H and O–H groups in total. The molecule has 1 aliphatic rings. The van der Waals surface area contributed by atoms with Crippen LogP contribution in [0.4, 0.5) is 4.39 Å². The highest BCUT2D eigenvalue weighted by atomic mass is 19.1. The molecule has 0 aromatic heterocycles. The van der Waals surface area contributed by atoms with Crippen molar-refractivity contribution in [2.75, 3.05) is 14.2 Å². The predicted molar refractivity (Wildman–Crippen MR) is 70.7 cm³/mol. The maximum atomic E-state index is 14.3. The van der Waals surface area contributed by atoms with Crippen molar-refractivity contribution in [3.63, 3.8) is 0 Å². The van der Waals surface area contributed by atoms with Crippen LogP contribution in [0.5, 0.6) is 11.5 Å². The Morgan fingerprint density at radius 2 is 2.00 bits per heavy atom. The molecular weight excluding hydrogens is 247 g/mol. The molecule has 0 unspecified atom stereocenters. The number of carbonyl (C=O) groups excluding carboxylic acids is 1. The quantitative estimate of drug-likeness (QED) is 0.786. The first-order valence-corrected chi connectivity index (χ1v) is 6.51. The number of methoxy groups -OCH3 is 2. The highest BCUT2D eigenvalue weighted by Crippen LogP contribution is 2.42. The third kappa shape index (κ3) is 2.31. The van der Waals surface area contributed by atoms with Crippen molar-refractivity contribution in [2.24, 2.45) is 0 Å². The molecule has 1 fully saturated rings. The summed E-state index contributed by atoms with van der Waals surface area (Å²) in [6.07, 6.45) is 2.33. The Balaban J connectivity index is 2.46. The van der Waals surface area contributed by atoms with E-state index < -0.39 is 11.6 Å². The van der Waals surface area contributed by atoms with Gasteiger partial charge in [-0.25, -0.2) is 4.39 Å². The molecule has 1 aliphatic carbocycles. The van der Waals surface area contributed by atoms with Gasteiger partial charge in [-0.05, 0) is 30.5 Å². The van der Waals surface area contributed by atoms with Gasteiger partial charge in [0.25, 0.3) is 0 Å². The fraction of sp³-hybridized carbons (Fsp3) is 0.533. The van der Waals surface area contributed by atoms with Gasteiger partial charge in [0.1, 0.15) is 12.5 Å². The van der Waals surface area contributed by atoms with Crippen LogP contribution in [0, 0.1) is 0 Å². The van der Waals surface area contributed by atoms with Gasteiger partial charge in [-0.1, -0.05) is 18.9 Å². The summed E-state index contributed by atoms with van der Waals surface area (Å²) in [5.74, 6) is 1.11. The minimum Gasteiger partial charge on any atom is -0.493 e. The number of hydrogen-bond acceptors (Lipinski definition) is 3. The minimum atomic E-state index is -1.13. The van der Waals surface area contributed by atoms with E-state index >= 15 is 0 Å². The zero-order chi connectivity index (χ0) is 13.9. The summed E-state index contributed by atoms with van der Waals surface area (Å²) >= 11 is 0. The topological polar surface area (TPSA) is 35.5 Å². The van der Waals surface area contributed by atoms with Crippen molar-refractivity contribution in [3.8, 4) is 11.5 Å². The van der Waals surface area contributed by atoms with Crippen LogP contribution in [0.3, 0.4) is 0 Å². The molecule has 4 heteroatoms. The third-order valence-electron chi connectivity index (χ3n) is 3.99. The normalized spacial score (nSPS) is 26.8. The van der Waals surface area contributed by atoms with Crippen LogP contribution < -0.4 is 9.47 Å². The number of ether oxygens (including phenoxy) is 2. The Bertz CT molecular complexity index is 461. The minimum absolute atomic E-state index is 0.438. The molecule has 0 saturated heterocycles. The van der Waals surface area contributed by atoms with E-state index in [1.807, 2.05) is 0 Å². The Labute approximate surface area is 112 Å². The number of benzene rings is 1. The van der Waals surface area contributed by atoms with Gasteiger partial charge < -0.3 is 14.3 Å². The van der Waals surface area contributed by atoms with E-state index in [4.69, 9.17) is 9.47 Å². The molecule has 0 radical (unpaired) electrons. The first-order valence-electron chi connectivity index (χ1n) is 6.51. The van der Waals surface area contributed by atoms with Crippen LogP contribution >= 0.6 is 0 Å². The smallest absolute Gasteiger partial charge is 0.161 e. The van der Waals surface area contributed by atoms with E-state index in [9.17, 15) is 9.18 Å². The largest absolute Gasteiger partial charge is 0.493 e. The summed E-state index contributed by atoms with van der Waals surface area (Å²) in [5, 5.41) is 0. The number of alkyl halides is 1. The van der Waals surface area contributed by atoms with E-state index in [1.54, 1.807) is 25.3 Å². The van der Waals surface area contributed by atoms with Gasteiger partial charge in [-0.15, -0.1) is 0 Å². The molecular formula is C15H19FO3. The van der Waals surface area contributed by atoms with Crippen molar-refractivity contribution in [2.45, 2.75) is 37.3 Å². The summed E-state index contributed by atoms with van der Waals surface area (Å²) in [7, 11) is 3.08. The number of hydrogen-bond donors (Lipinski definition) is 0. The molecule has 2 atom stereocenters. The zero-order valence-electron chi connectivity index (χ0n) is 11.3. The molecule has 19 heavy (non-hydrogen) atoms. The highest BCUT2D eigenvalue weighted by molar-refractivity contribution is 5.71. The SMILES string of the molecule is COc1ccc([C@@]2(C=O)CCCC[C@@H]2F)cc1OC. The number of aldehydes is 1. The monoisotopic (exact) mass is 266 g/mol. The summed E-state index contributed by atoms with van der Waals surface area (Å²) in [6.45, 7) is 0.